The summed E-state index contributed by atoms with van der Waals surface area (Å²) in [5, 5.41) is 0. The maximum Gasteiger partial charge on any atom is 0.301 e. The molecule has 1 fully saturated rings. The summed E-state index contributed by atoms with van der Waals surface area (Å²) in [5.41, 5.74) is 0.929. The molecule has 1 aromatic rings. The number of piperidine rings is 1. The molecule has 2 heterocycles. The molecule has 6 nitrogen and oxygen atoms in total. The number of carbonyl (C=O) groups is 1. The van der Waals surface area contributed by atoms with Crippen LogP contribution in [0.5, 0.6) is 0 Å². The average Bonchev–Trinajstić information content (AvgIpc) is 2.90. The Morgan fingerprint density at radius 3 is 2.58 bits per heavy atom. The SMILES string of the molecule is CC(C)c1cc(CC(=O)NS(=O)(=O)NC2CCCN(C)C2)c(C(C)C)s1. The first-order valence-corrected chi connectivity index (χ1v) is 11.5. The smallest absolute Gasteiger partial charge is 0.301 e. The van der Waals surface area contributed by atoms with Gasteiger partial charge in [0.25, 0.3) is 0 Å². The molecule has 0 aliphatic carbocycles. The number of nitrogens with zero attached hydrogens (tertiary/aromatic N) is 1. The van der Waals surface area contributed by atoms with Crippen LogP contribution >= 0.6 is 11.3 Å². The fourth-order valence-electron chi connectivity index (χ4n) is 3.25. The van der Waals surface area contributed by atoms with Crippen molar-refractivity contribution >= 4 is 27.5 Å². The van der Waals surface area contributed by atoms with Gasteiger partial charge < -0.3 is 4.90 Å². The van der Waals surface area contributed by atoms with E-state index in [0.717, 1.165) is 29.8 Å². The number of hydrogen-bond acceptors (Lipinski definition) is 5. The van der Waals surface area contributed by atoms with Crippen LogP contribution in [0.2, 0.25) is 0 Å². The van der Waals surface area contributed by atoms with Crippen LogP contribution in [0.3, 0.4) is 0 Å². The van der Waals surface area contributed by atoms with Gasteiger partial charge in [-0.2, -0.15) is 13.1 Å². The Morgan fingerprint density at radius 2 is 2.00 bits per heavy atom. The molecule has 0 saturated carbocycles. The highest BCUT2D eigenvalue weighted by atomic mass is 32.2. The van der Waals surface area contributed by atoms with Crippen molar-refractivity contribution in [2.75, 3.05) is 20.1 Å². The summed E-state index contributed by atoms with van der Waals surface area (Å²) in [6, 6.07) is 1.89. The predicted molar refractivity (Wildman–Crippen MR) is 107 cm³/mol. The van der Waals surface area contributed by atoms with Crippen LogP contribution in [0.25, 0.3) is 0 Å². The standard InChI is InChI=1S/C18H31N3O3S2/c1-12(2)16-9-14(18(25-16)13(3)4)10-17(22)20-26(23,24)19-15-7-6-8-21(5)11-15/h9,12-13,15,19H,6-8,10-11H2,1-5H3,(H,20,22). The number of rotatable bonds is 7. The molecule has 2 rings (SSSR count). The van der Waals surface area contributed by atoms with E-state index in [1.807, 2.05) is 13.1 Å². The van der Waals surface area contributed by atoms with E-state index in [2.05, 4.69) is 42.0 Å². The Balaban J connectivity index is 2.01. The van der Waals surface area contributed by atoms with Crippen LogP contribution in [0.4, 0.5) is 0 Å². The normalized spacial score (nSPS) is 19.3. The van der Waals surface area contributed by atoms with Crippen LogP contribution < -0.4 is 9.44 Å². The minimum Gasteiger partial charge on any atom is -0.305 e. The highest BCUT2D eigenvalue weighted by molar-refractivity contribution is 7.88. The minimum absolute atomic E-state index is 0.0855. The first-order chi connectivity index (χ1) is 12.1. The molecular formula is C18H31N3O3S2. The van der Waals surface area contributed by atoms with Crippen molar-refractivity contribution in [1.29, 1.82) is 0 Å². The van der Waals surface area contributed by atoms with E-state index in [1.54, 1.807) is 11.3 Å². The van der Waals surface area contributed by atoms with Crippen LogP contribution in [0.15, 0.2) is 6.07 Å². The summed E-state index contributed by atoms with van der Waals surface area (Å²) in [7, 11) is -1.87. The Morgan fingerprint density at radius 1 is 1.31 bits per heavy atom. The van der Waals surface area contributed by atoms with Gasteiger partial charge in [0.1, 0.15) is 0 Å². The molecule has 2 N–H and O–H groups in total. The van der Waals surface area contributed by atoms with Crippen molar-refractivity contribution in [3.63, 3.8) is 0 Å². The maximum atomic E-state index is 12.4. The molecule has 0 spiro atoms. The molecule has 1 aromatic heterocycles. The van der Waals surface area contributed by atoms with E-state index in [9.17, 15) is 13.2 Å². The summed E-state index contributed by atoms with van der Waals surface area (Å²) in [5.74, 6) is 0.211. The van der Waals surface area contributed by atoms with E-state index >= 15 is 0 Å². The third-order valence-corrected chi connectivity index (χ3v) is 7.42. The zero-order chi connectivity index (χ0) is 19.5. The van der Waals surface area contributed by atoms with Gasteiger partial charge in [0.2, 0.25) is 5.91 Å². The largest absolute Gasteiger partial charge is 0.305 e. The summed E-state index contributed by atoms with van der Waals surface area (Å²) >= 11 is 1.71. The van der Waals surface area contributed by atoms with Crippen molar-refractivity contribution in [3.05, 3.63) is 21.4 Å². The lowest BCUT2D eigenvalue weighted by Gasteiger charge is -2.29. The van der Waals surface area contributed by atoms with Crippen LogP contribution in [0, 0.1) is 0 Å². The van der Waals surface area contributed by atoms with Gasteiger partial charge in [-0.05, 0) is 49.9 Å². The van der Waals surface area contributed by atoms with Gasteiger partial charge in [-0.3, -0.25) is 4.79 Å². The van der Waals surface area contributed by atoms with Gasteiger partial charge in [-0.15, -0.1) is 11.3 Å². The monoisotopic (exact) mass is 401 g/mol. The maximum absolute atomic E-state index is 12.4. The first-order valence-electron chi connectivity index (χ1n) is 9.21. The van der Waals surface area contributed by atoms with Gasteiger partial charge in [0.15, 0.2) is 0 Å². The second-order valence-electron chi connectivity index (χ2n) is 7.77. The van der Waals surface area contributed by atoms with Gasteiger partial charge in [0.05, 0.1) is 6.42 Å². The summed E-state index contributed by atoms with van der Waals surface area (Å²) < 4.78 is 29.3. The summed E-state index contributed by atoms with van der Waals surface area (Å²) in [6.45, 7) is 10.1. The Kier molecular flexibility index (Phi) is 7.24. The Bertz CT molecular complexity index is 726. The van der Waals surface area contributed by atoms with Crippen LogP contribution in [-0.2, 0) is 21.4 Å². The number of likely N-dealkylation sites (tertiary alicyclic amines) is 1. The van der Waals surface area contributed by atoms with Crippen molar-refractivity contribution in [1.82, 2.24) is 14.3 Å². The number of hydrogen-bond donors (Lipinski definition) is 2. The Labute approximate surface area is 161 Å². The molecule has 1 saturated heterocycles. The summed E-state index contributed by atoms with van der Waals surface area (Å²) in [6.07, 6.45) is 1.82. The van der Waals surface area contributed by atoms with E-state index in [-0.39, 0.29) is 12.5 Å². The lowest BCUT2D eigenvalue weighted by molar-refractivity contribution is -0.118. The lowest BCUT2D eigenvalue weighted by Crippen LogP contribution is -2.51. The number of carbonyl (C=O) groups excluding carboxylic acids is 1. The van der Waals surface area contributed by atoms with E-state index in [1.165, 1.54) is 4.88 Å². The van der Waals surface area contributed by atoms with Gasteiger partial charge in [-0.1, -0.05) is 27.7 Å². The third-order valence-electron chi connectivity index (χ3n) is 4.50. The molecule has 148 valence electrons. The van der Waals surface area contributed by atoms with E-state index in [4.69, 9.17) is 0 Å². The number of thiophene rings is 1. The molecule has 0 bridgehead atoms. The van der Waals surface area contributed by atoms with Crippen molar-refractivity contribution in [3.8, 4) is 0 Å². The number of likely N-dealkylation sites (N-methyl/N-ethyl adjacent to an activating group) is 1. The lowest BCUT2D eigenvalue weighted by atomic mass is 10.0. The minimum atomic E-state index is -3.84. The zero-order valence-corrected chi connectivity index (χ0v) is 18.0. The molecule has 1 amide bonds. The van der Waals surface area contributed by atoms with Gasteiger partial charge in [0, 0.05) is 22.3 Å². The van der Waals surface area contributed by atoms with E-state index < -0.39 is 16.1 Å². The van der Waals surface area contributed by atoms with Gasteiger partial charge in [-0.25, -0.2) is 4.72 Å². The van der Waals surface area contributed by atoms with Gasteiger partial charge >= 0.3 is 10.2 Å². The first kappa shape index (κ1) is 21.3. The van der Waals surface area contributed by atoms with Crippen LogP contribution in [-0.4, -0.2) is 45.4 Å². The van der Waals surface area contributed by atoms with Crippen molar-refractivity contribution < 1.29 is 13.2 Å². The predicted octanol–water partition coefficient (Wildman–Crippen LogP) is 2.58. The quantitative estimate of drug-likeness (QED) is 0.736. The second-order valence-corrected chi connectivity index (χ2v) is 10.3. The highest BCUT2D eigenvalue weighted by Crippen LogP contribution is 2.33. The molecule has 0 radical (unpaired) electrons. The van der Waals surface area contributed by atoms with Crippen molar-refractivity contribution in [2.45, 2.75) is 64.8 Å². The zero-order valence-electron chi connectivity index (χ0n) is 16.3. The topological polar surface area (TPSA) is 78.5 Å². The molecule has 1 atom stereocenters. The molecular weight excluding hydrogens is 370 g/mol. The highest BCUT2D eigenvalue weighted by Gasteiger charge is 2.24. The molecule has 1 unspecified atom stereocenters. The average molecular weight is 402 g/mol. The van der Waals surface area contributed by atoms with E-state index in [0.29, 0.717) is 18.4 Å². The molecule has 26 heavy (non-hydrogen) atoms. The molecule has 1 aliphatic rings. The number of nitrogens with one attached hydrogen (secondary N) is 2. The molecule has 8 heteroatoms. The fourth-order valence-corrected chi connectivity index (χ4v) is 5.50. The molecule has 0 aromatic carbocycles. The number of amides is 1. The third kappa shape index (κ3) is 6.04. The fraction of sp³-hybridized carbons (Fsp3) is 0.722. The van der Waals surface area contributed by atoms with Crippen LogP contribution in [0.1, 0.15) is 67.7 Å². The van der Waals surface area contributed by atoms with Crippen molar-refractivity contribution in [2.24, 2.45) is 0 Å². The second kappa shape index (κ2) is 8.82. The summed E-state index contributed by atoms with van der Waals surface area (Å²) in [4.78, 5) is 16.8. The Hall–Kier alpha value is -0.960. The molecule has 1 aliphatic heterocycles.